The van der Waals surface area contributed by atoms with Gasteiger partial charge in [-0.1, -0.05) is 6.07 Å². The summed E-state index contributed by atoms with van der Waals surface area (Å²) in [4.78, 5) is 20.7. The monoisotopic (exact) mass is 366 g/mol. The number of rotatable bonds is 3. The molecule has 1 fully saturated rings. The Hall–Kier alpha value is -2.22. The third-order valence-corrected chi connectivity index (χ3v) is 5.23. The Morgan fingerprint density at radius 1 is 1.28 bits per heavy atom. The average molecular weight is 366 g/mol. The third kappa shape index (κ3) is 4.07. The number of anilines is 1. The first-order chi connectivity index (χ1) is 11.9. The van der Waals surface area contributed by atoms with Crippen LogP contribution in [0.4, 0.5) is 18.7 Å². The lowest BCUT2D eigenvalue weighted by molar-refractivity contribution is 0.191. The number of nitrogens with zero attached hydrogens (tertiary/aromatic N) is 3. The molecule has 1 saturated heterocycles. The second kappa shape index (κ2) is 7.35. The summed E-state index contributed by atoms with van der Waals surface area (Å²) in [5.41, 5.74) is 1.27. The van der Waals surface area contributed by atoms with Crippen LogP contribution in [0, 0.1) is 18.6 Å². The highest BCUT2D eigenvalue weighted by Crippen LogP contribution is 2.22. The molecule has 0 radical (unpaired) electrons. The summed E-state index contributed by atoms with van der Waals surface area (Å²) >= 11 is 1.60. The number of carbonyl (C=O) groups is 1. The minimum Gasteiger partial charge on any atom is -0.345 e. The average Bonchev–Trinajstić information content (AvgIpc) is 3.01. The molecule has 0 unspecified atom stereocenters. The summed E-state index contributed by atoms with van der Waals surface area (Å²) in [6.45, 7) is 6.20. The first-order valence-electron chi connectivity index (χ1n) is 8.11. The zero-order valence-electron chi connectivity index (χ0n) is 14.1. The van der Waals surface area contributed by atoms with Crippen molar-refractivity contribution in [3.8, 4) is 0 Å². The topological polar surface area (TPSA) is 48.5 Å². The Morgan fingerprint density at radius 2 is 2.00 bits per heavy atom. The maximum Gasteiger partial charge on any atom is 0.317 e. The van der Waals surface area contributed by atoms with Crippen molar-refractivity contribution in [1.82, 2.24) is 15.2 Å². The molecule has 8 heteroatoms. The number of piperazine rings is 1. The van der Waals surface area contributed by atoms with Crippen LogP contribution in [-0.4, -0.2) is 42.1 Å². The molecular formula is C17H20F2N4OS. The lowest BCUT2D eigenvalue weighted by Gasteiger charge is -2.35. The van der Waals surface area contributed by atoms with Gasteiger partial charge in [0.25, 0.3) is 0 Å². The Morgan fingerprint density at radius 3 is 2.60 bits per heavy atom. The standard InChI is InChI=1S/C17H20F2N4OS/c1-11-10-25-17(20-11)23-7-5-22(6-8-23)16(24)21-12(2)14-4-3-13(18)9-15(14)19/h3-4,9-10,12H,5-8H2,1-2H3,(H,21,24)/t12-/m1/s1. The highest BCUT2D eigenvalue weighted by Gasteiger charge is 2.24. The van der Waals surface area contributed by atoms with Crippen LogP contribution in [0.25, 0.3) is 0 Å². The van der Waals surface area contributed by atoms with E-state index >= 15 is 0 Å². The number of amides is 2. The number of carbonyl (C=O) groups excluding carboxylic acids is 1. The van der Waals surface area contributed by atoms with E-state index in [1.165, 1.54) is 12.1 Å². The van der Waals surface area contributed by atoms with E-state index in [9.17, 15) is 13.6 Å². The van der Waals surface area contributed by atoms with Gasteiger partial charge in [-0.15, -0.1) is 11.3 Å². The summed E-state index contributed by atoms with van der Waals surface area (Å²) < 4.78 is 26.8. The van der Waals surface area contributed by atoms with Gasteiger partial charge in [-0.3, -0.25) is 0 Å². The molecule has 3 rings (SSSR count). The molecule has 2 aromatic rings. The quantitative estimate of drug-likeness (QED) is 0.907. The van der Waals surface area contributed by atoms with E-state index in [0.717, 1.165) is 16.9 Å². The zero-order chi connectivity index (χ0) is 18.0. The normalized spacial score (nSPS) is 16.0. The zero-order valence-corrected chi connectivity index (χ0v) is 14.9. The summed E-state index contributed by atoms with van der Waals surface area (Å²) in [5.74, 6) is -1.29. The molecule has 2 heterocycles. The lowest BCUT2D eigenvalue weighted by Crippen LogP contribution is -2.52. The van der Waals surface area contributed by atoms with E-state index in [4.69, 9.17) is 0 Å². The Bertz CT molecular complexity index is 759. The van der Waals surface area contributed by atoms with Gasteiger partial charge in [0.2, 0.25) is 0 Å². The second-order valence-corrected chi connectivity index (χ2v) is 6.92. The molecule has 1 aromatic carbocycles. The molecule has 0 spiro atoms. The van der Waals surface area contributed by atoms with Crippen LogP contribution < -0.4 is 10.2 Å². The van der Waals surface area contributed by atoms with Crippen molar-refractivity contribution < 1.29 is 13.6 Å². The van der Waals surface area contributed by atoms with Crippen LogP contribution in [-0.2, 0) is 0 Å². The predicted octanol–water partition coefficient (Wildman–Crippen LogP) is 3.32. The fraction of sp³-hybridized carbons (Fsp3) is 0.412. The van der Waals surface area contributed by atoms with Crippen LogP contribution >= 0.6 is 11.3 Å². The smallest absolute Gasteiger partial charge is 0.317 e. The fourth-order valence-electron chi connectivity index (χ4n) is 2.79. The maximum absolute atomic E-state index is 13.8. The molecule has 1 aliphatic rings. The number of aryl methyl sites for hydroxylation is 1. The van der Waals surface area contributed by atoms with E-state index in [1.54, 1.807) is 23.2 Å². The highest BCUT2D eigenvalue weighted by molar-refractivity contribution is 7.13. The van der Waals surface area contributed by atoms with Gasteiger partial charge in [-0.05, 0) is 19.9 Å². The first-order valence-corrected chi connectivity index (χ1v) is 8.99. The Kier molecular flexibility index (Phi) is 5.17. The molecular weight excluding hydrogens is 346 g/mol. The molecule has 0 aliphatic carbocycles. The van der Waals surface area contributed by atoms with Gasteiger partial charge in [0.05, 0.1) is 11.7 Å². The fourth-order valence-corrected chi connectivity index (χ4v) is 3.65. The molecule has 1 aliphatic heterocycles. The summed E-state index contributed by atoms with van der Waals surface area (Å²) in [5, 5.41) is 5.76. The van der Waals surface area contributed by atoms with Gasteiger partial charge in [0, 0.05) is 43.2 Å². The number of hydrogen-bond donors (Lipinski definition) is 1. The van der Waals surface area contributed by atoms with E-state index < -0.39 is 17.7 Å². The maximum atomic E-state index is 13.8. The summed E-state index contributed by atoms with van der Waals surface area (Å²) in [6, 6.07) is 2.60. The van der Waals surface area contributed by atoms with Crippen LogP contribution in [0.1, 0.15) is 24.2 Å². The molecule has 1 aromatic heterocycles. The minimum absolute atomic E-state index is 0.244. The van der Waals surface area contributed by atoms with Gasteiger partial charge in [-0.2, -0.15) is 0 Å². The van der Waals surface area contributed by atoms with Crippen molar-refractivity contribution in [2.75, 3.05) is 31.1 Å². The van der Waals surface area contributed by atoms with Gasteiger partial charge in [-0.25, -0.2) is 18.6 Å². The summed E-state index contributed by atoms with van der Waals surface area (Å²) in [6.07, 6.45) is 0. The first kappa shape index (κ1) is 17.6. The molecule has 134 valence electrons. The molecule has 5 nitrogen and oxygen atoms in total. The van der Waals surface area contributed by atoms with Crippen molar-refractivity contribution in [1.29, 1.82) is 0 Å². The van der Waals surface area contributed by atoms with Gasteiger partial charge >= 0.3 is 6.03 Å². The van der Waals surface area contributed by atoms with Gasteiger partial charge < -0.3 is 15.1 Å². The number of hydrogen-bond acceptors (Lipinski definition) is 4. The number of halogens is 2. The number of thiazole rings is 1. The van der Waals surface area contributed by atoms with Crippen molar-refractivity contribution >= 4 is 22.5 Å². The molecule has 0 bridgehead atoms. The highest BCUT2D eigenvalue weighted by atomic mass is 32.1. The third-order valence-electron chi connectivity index (χ3n) is 4.21. The minimum atomic E-state index is -0.656. The molecule has 0 saturated carbocycles. The molecule has 1 N–H and O–H groups in total. The van der Waals surface area contributed by atoms with E-state index in [-0.39, 0.29) is 11.6 Å². The molecule has 1 atom stereocenters. The summed E-state index contributed by atoms with van der Waals surface area (Å²) in [7, 11) is 0. The van der Waals surface area contributed by atoms with E-state index in [2.05, 4.69) is 15.2 Å². The van der Waals surface area contributed by atoms with Crippen LogP contribution in [0.3, 0.4) is 0 Å². The molecule has 25 heavy (non-hydrogen) atoms. The van der Waals surface area contributed by atoms with Crippen LogP contribution in [0.5, 0.6) is 0 Å². The lowest BCUT2D eigenvalue weighted by atomic mass is 10.1. The van der Waals surface area contributed by atoms with Crippen molar-refractivity contribution in [2.24, 2.45) is 0 Å². The SMILES string of the molecule is Cc1csc(N2CCN(C(=O)N[C@H](C)c3ccc(F)cc3F)CC2)n1. The number of aromatic nitrogens is 1. The van der Waals surface area contributed by atoms with Gasteiger partial charge in [0.1, 0.15) is 11.6 Å². The Labute approximate surface area is 149 Å². The van der Waals surface area contributed by atoms with Crippen molar-refractivity contribution in [3.63, 3.8) is 0 Å². The molecule has 2 amide bonds. The van der Waals surface area contributed by atoms with Gasteiger partial charge in [0.15, 0.2) is 5.13 Å². The van der Waals surface area contributed by atoms with Crippen molar-refractivity contribution in [2.45, 2.75) is 19.9 Å². The van der Waals surface area contributed by atoms with Crippen LogP contribution in [0.15, 0.2) is 23.6 Å². The van der Waals surface area contributed by atoms with Crippen LogP contribution in [0.2, 0.25) is 0 Å². The van der Waals surface area contributed by atoms with Crippen molar-refractivity contribution in [3.05, 3.63) is 46.5 Å². The predicted molar refractivity (Wildman–Crippen MR) is 93.9 cm³/mol. The van der Waals surface area contributed by atoms with E-state index in [1.807, 2.05) is 12.3 Å². The number of nitrogens with one attached hydrogen (secondary N) is 1. The Balaban J connectivity index is 1.55. The number of urea groups is 1. The largest absolute Gasteiger partial charge is 0.345 e. The number of benzene rings is 1. The van der Waals surface area contributed by atoms with E-state index in [0.29, 0.717) is 26.2 Å². The second-order valence-electron chi connectivity index (χ2n) is 6.08.